The Morgan fingerprint density at radius 3 is 2.51 bits per heavy atom. The second-order valence-electron chi connectivity index (χ2n) is 10.6. The summed E-state index contributed by atoms with van der Waals surface area (Å²) in [4.78, 5) is 41.9. The smallest absolute Gasteiger partial charge is 0.246 e. The van der Waals surface area contributed by atoms with Crippen LogP contribution in [-0.4, -0.2) is 54.3 Å². The van der Waals surface area contributed by atoms with Crippen molar-refractivity contribution in [1.29, 1.82) is 0 Å². The lowest BCUT2D eigenvalue weighted by Crippen LogP contribution is -2.58. The molecule has 0 unspecified atom stereocenters. The first kappa shape index (κ1) is 25.7. The summed E-state index contributed by atoms with van der Waals surface area (Å²) in [5.41, 5.74) is 2.51. The number of hydrogen-bond acceptors (Lipinski definition) is 4. The van der Waals surface area contributed by atoms with Gasteiger partial charge >= 0.3 is 0 Å². The molecule has 0 aromatic heterocycles. The first-order chi connectivity index (χ1) is 16.9. The van der Waals surface area contributed by atoms with Crippen molar-refractivity contribution in [3.63, 3.8) is 0 Å². The van der Waals surface area contributed by atoms with Gasteiger partial charge in [-0.15, -0.1) is 0 Å². The molecule has 1 saturated carbocycles. The number of carbonyl (C=O) groups excluding carboxylic acids is 3. The number of likely N-dealkylation sites (N-methyl/N-ethyl adjacent to an activating group) is 1. The van der Waals surface area contributed by atoms with Crippen molar-refractivity contribution in [2.45, 2.75) is 95.8 Å². The molecule has 2 fully saturated rings. The lowest BCUT2D eigenvalue weighted by Gasteiger charge is -2.35. The lowest BCUT2D eigenvalue weighted by atomic mass is 9.83. The summed E-state index contributed by atoms with van der Waals surface area (Å²) < 4.78 is 0. The van der Waals surface area contributed by atoms with Crippen LogP contribution in [0.4, 0.5) is 0 Å². The zero-order valence-corrected chi connectivity index (χ0v) is 21.5. The maximum atomic E-state index is 13.9. The Bertz CT molecular complexity index is 913. The molecule has 7 heteroatoms. The molecule has 4 rings (SSSR count). The normalized spacial score (nSPS) is 26.1. The summed E-state index contributed by atoms with van der Waals surface area (Å²) >= 11 is 0. The third-order valence-electron chi connectivity index (χ3n) is 8.52. The fourth-order valence-corrected chi connectivity index (χ4v) is 6.24. The van der Waals surface area contributed by atoms with E-state index >= 15 is 0 Å². The van der Waals surface area contributed by atoms with Crippen LogP contribution in [0.1, 0.15) is 82.4 Å². The molecule has 1 aliphatic heterocycles. The van der Waals surface area contributed by atoms with Gasteiger partial charge in [-0.25, -0.2) is 0 Å². The zero-order valence-electron chi connectivity index (χ0n) is 21.5. The number of benzene rings is 1. The molecule has 3 aliphatic rings. The van der Waals surface area contributed by atoms with Crippen LogP contribution in [0.25, 0.3) is 0 Å². The van der Waals surface area contributed by atoms with Gasteiger partial charge in [-0.05, 0) is 69.0 Å². The second-order valence-corrected chi connectivity index (χ2v) is 10.6. The van der Waals surface area contributed by atoms with E-state index in [1.54, 1.807) is 18.9 Å². The van der Waals surface area contributed by atoms with Crippen LogP contribution in [0.2, 0.25) is 0 Å². The number of fused-ring (bicyclic) bond motifs is 1. The summed E-state index contributed by atoms with van der Waals surface area (Å²) in [5, 5.41) is 9.34. The van der Waals surface area contributed by atoms with Crippen molar-refractivity contribution >= 4 is 17.7 Å². The summed E-state index contributed by atoms with van der Waals surface area (Å²) in [5.74, 6) is 0.183. The first-order valence-corrected chi connectivity index (χ1v) is 13.6. The number of hydrogen-bond donors (Lipinski definition) is 3. The third-order valence-corrected chi connectivity index (χ3v) is 8.52. The molecule has 3 amide bonds. The Hall–Kier alpha value is -2.41. The highest BCUT2D eigenvalue weighted by molar-refractivity contribution is 5.93. The number of carbonyl (C=O) groups is 3. The van der Waals surface area contributed by atoms with Crippen molar-refractivity contribution in [2.75, 3.05) is 13.6 Å². The van der Waals surface area contributed by atoms with E-state index in [1.807, 2.05) is 6.07 Å². The van der Waals surface area contributed by atoms with E-state index in [4.69, 9.17) is 0 Å². The quantitative estimate of drug-likeness (QED) is 0.531. The molecule has 3 N–H and O–H groups in total. The maximum absolute atomic E-state index is 13.9. The Morgan fingerprint density at radius 2 is 1.80 bits per heavy atom. The van der Waals surface area contributed by atoms with Crippen molar-refractivity contribution in [2.24, 2.45) is 11.8 Å². The second kappa shape index (κ2) is 11.5. The molecule has 0 spiro atoms. The van der Waals surface area contributed by atoms with Crippen LogP contribution < -0.4 is 16.0 Å². The summed E-state index contributed by atoms with van der Waals surface area (Å²) in [7, 11) is 1.74. The monoisotopic (exact) mass is 482 g/mol. The molecule has 1 aromatic carbocycles. The molecule has 7 nitrogen and oxygen atoms in total. The largest absolute Gasteiger partial charge is 0.347 e. The van der Waals surface area contributed by atoms with E-state index < -0.39 is 12.1 Å². The SMILES string of the molecule is CC[C@@H]1Cc2ccccc2[C@@H]1NC(=O)[C@@H]1CCCN1C(=O)[C@@H](NC(=O)[C@H](C)NC)C1CCCCC1. The number of nitrogens with one attached hydrogen (secondary N) is 3. The lowest BCUT2D eigenvalue weighted by molar-refractivity contribution is -0.143. The summed E-state index contributed by atoms with van der Waals surface area (Å²) in [6.07, 6.45) is 8.65. The van der Waals surface area contributed by atoms with Crippen LogP contribution in [0.5, 0.6) is 0 Å². The Morgan fingerprint density at radius 1 is 1.06 bits per heavy atom. The molecular formula is C28H42N4O3. The third kappa shape index (κ3) is 5.55. The van der Waals surface area contributed by atoms with Gasteiger partial charge in [0, 0.05) is 6.54 Å². The number of nitrogens with zero attached hydrogens (tertiary/aromatic N) is 1. The number of likely N-dealkylation sites (tertiary alicyclic amines) is 1. The molecule has 192 valence electrons. The van der Waals surface area contributed by atoms with Crippen LogP contribution >= 0.6 is 0 Å². The molecule has 5 atom stereocenters. The van der Waals surface area contributed by atoms with Crippen molar-refractivity contribution in [3.8, 4) is 0 Å². The predicted octanol–water partition coefficient (Wildman–Crippen LogP) is 3.09. The average molecular weight is 483 g/mol. The van der Waals surface area contributed by atoms with E-state index in [9.17, 15) is 14.4 Å². The molecule has 1 saturated heterocycles. The minimum Gasteiger partial charge on any atom is -0.347 e. The first-order valence-electron chi connectivity index (χ1n) is 13.6. The molecular weight excluding hydrogens is 440 g/mol. The van der Waals surface area contributed by atoms with Crippen LogP contribution in [0, 0.1) is 11.8 Å². The number of rotatable bonds is 8. The topological polar surface area (TPSA) is 90.5 Å². The van der Waals surface area contributed by atoms with Crippen LogP contribution in [0.3, 0.4) is 0 Å². The highest BCUT2D eigenvalue weighted by atomic mass is 16.2. The number of amides is 3. The van der Waals surface area contributed by atoms with Gasteiger partial charge in [0.15, 0.2) is 0 Å². The Kier molecular flexibility index (Phi) is 8.47. The van der Waals surface area contributed by atoms with E-state index in [0.717, 1.165) is 44.9 Å². The summed E-state index contributed by atoms with van der Waals surface area (Å²) in [6.45, 7) is 4.54. The molecule has 2 aliphatic carbocycles. The molecule has 0 bridgehead atoms. The fourth-order valence-electron chi connectivity index (χ4n) is 6.24. The fraction of sp³-hybridized carbons (Fsp3) is 0.679. The van der Waals surface area contributed by atoms with Gasteiger partial charge in [0.25, 0.3) is 0 Å². The van der Waals surface area contributed by atoms with E-state index in [2.05, 4.69) is 41.1 Å². The Labute approximate surface area is 209 Å². The van der Waals surface area contributed by atoms with Gasteiger partial charge in [0.05, 0.1) is 12.1 Å². The van der Waals surface area contributed by atoms with Gasteiger partial charge in [-0.1, -0.05) is 56.9 Å². The van der Waals surface area contributed by atoms with Crippen LogP contribution in [0.15, 0.2) is 24.3 Å². The van der Waals surface area contributed by atoms with Gasteiger partial charge in [-0.3, -0.25) is 14.4 Å². The Balaban J connectivity index is 1.50. The van der Waals surface area contributed by atoms with Gasteiger partial charge in [0.2, 0.25) is 17.7 Å². The van der Waals surface area contributed by atoms with Gasteiger partial charge in [0.1, 0.15) is 12.1 Å². The highest BCUT2D eigenvalue weighted by Gasteiger charge is 2.42. The van der Waals surface area contributed by atoms with E-state index in [-0.39, 0.29) is 35.7 Å². The van der Waals surface area contributed by atoms with Crippen molar-refractivity contribution in [1.82, 2.24) is 20.9 Å². The van der Waals surface area contributed by atoms with E-state index in [1.165, 1.54) is 17.5 Å². The molecule has 1 heterocycles. The summed E-state index contributed by atoms with van der Waals surface area (Å²) in [6, 6.07) is 6.93. The minimum absolute atomic E-state index is 0.00780. The van der Waals surface area contributed by atoms with E-state index in [0.29, 0.717) is 18.9 Å². The standard InChI is InChI=1S/C28H42N4O3/c1-4-19-17-21-13-8-9-14-22(21)24(19)30-27(34)23-15-10-16-32(23)28(35)25(20-11-6-5-7-12-20)31-26(33)18(2)29-3/h8-9,13-14,18-20,23-25,29H,4-7,10-12,15-17H2,1-3H3,(H,30,34)(H,31,33)/t18-,19+,23-,24+,25-/m0/s1. The van der Waals surface area contributed by atoms with Crippen molar-refractivity contribution in [3.05, 3.63) is 35.4 Å². The molecule has 0 radical (unpaired) electrons. The molecule has 1 aromatic rings. The zero-order chi connectivity index (χ0) is 24.9. The maximum Gasteiger partial charge on any atom is 0.246 e. The molecule has 35 heavy (non-hydrogen) atoms. The van der Waals surface area contributed by atoms with Crippen molar-refractivity contribution < 1.29 is 14.4 Å². The predicted molar refractivity (Wildman–Crippen MR) is 137 cm³/mol. The van der Waals surface area contributed by atoms with Gasteiger partial charge in [-0.2, -0.15) is 0 Å². The minimum atomic E-state index is -0.567. The van der Waals surface area contributed by atoms with Crippen LogP contribution in [-0.2, 0) is 20.8 Å². The van der Waals surface area contributed by atoms with Gasteiger partial charge < -0.3 is 20.9 Å². The highest BCUT2D eigenvalue weighted by Crippen LogP contribution is 2.38. The average Bonchev–Trinajstić information content (AvgIpc) is 3.52.